The maximum atomic E-state index is 2.24. The zero-order valence-corrected chi connectivity index (χ0v) is 7.85. The number of hydrogen-bond acceptors (Lipinski definition) is 0. The normalized spacial score (nSPS) is 9.91. The summed E-state index contributed by atoms with van der Waals surface area (Å²) in [5, 5.41) is 0. The van der Waals surface area contributed by atoms with E-state index in [1.54, 1.807) is 0 Å². The molecule has 0 aliphatic heterocycles. The Kier molecular flexibility index (Phi) is 4.14. The van der Waals surface area contributed by atoms with Crippen molar-refractivity contribution in [1.82, 2.24) is 0 Å². The van der Waals surface area contributed by atoms with Crippen molar-refractivity contribution >= 4 is 11.8 Å². The Morgan fingerprint density at radius 3 is 2.55 bits per heavy atom. The number of hydrogen-bond donors (Lipinski definition) is 0. The van der Waals surface area contributed by atoms with Crippen molar-refractivity contribution < 1.29 is 0 Å². The van der Waals surface area contributed by atoms with Gasteiger partial charge >= 0.3 is 0 Å². The van der Waals surface area contributed by atoms with Gasteiger partial charge in [-0.15, -0.1) is 0 Å². The van der Waals surface area contributed by atoms with Crippen molar-refractivity contribution in [2.24, 2.45) is 0 Å². The fourth-order valence-electron chi connectivity index (χ4n) is 0.900. The van der Waals surface area contributed by atoms with Crippen molar-refractivity contribution in [2.75, 3.05) is 5.75 Å². The number of unbranched alkanes of at least 4 members (excludes halogenated alkanes) is 1. The SMILES string of the molecule is CCCC[SH+]c1ccccc1. The van der Waals surface area contributed by atoms with E-state index in [-0.39, 0.29) is 0 Å². The lowest BCUT2D eigenvalue weighted by Crippen LogP contribution is -1.88. The van der Waals surface area contributed by atoms with Crippen molar-refractivity contribution in [2.45, 2.75) is 24.7 Å². The van der Waals surface area contributed by atoms with Crippen LogP contribution in [-0.2, 0) is 11.8 Å². The average Bonchev–Trinajstić information content (AvgIpc) is 2.07. The average molecular weight is 167 g/mol. The summed E-state index contributed by atoms with van der Waals surface area (Å²) in [7, 11) is 0. The van der Waals surface area contributed by atoms with E-state index in [9.17, 15) is 0 Å². The lowest BCUT2D eigenvalue weighted by Gasteiger charge is -1.89. The van der Waals surface area contributed by atoms with Crippen LogP contribution in [0.5, 0.6) is 0 Å². The highest BCUT2D eigenvalue weighted by Gasteiger charge is 1.98. The second-order valence-corrected chi connectivity index (χ2v) is 3.85. The maximum absolute atomic E-state index is 2.24. The molecular weight excluding hydrogens is 152 g/mol. The Hall–Kier alpha value is -0.430. The van der Waals surface area contributed by atoms with E-state index in [2.05, 4.69) is 37.3 Å². The highest BCUT2D eigenvalue weighted by atomic mass is 32.2. The minimum atomic E-state index is 1.31. The summed E-state index contributed by atoms with van der Waals surface area (Å²) in [6.07, 6.45) is 2.65. The van der Waals surface area contributed by atoms with Crippen molar-refractivity contribution in [3.8, 4) is 0 Å². The minimum Gasteiger partial charge on any atom is -0.0652 e. The zero-order valence-electron chi connectivity index (χ0n) is 6.96. The van der Waals surface area contributed by atoms with Crippen LogP contribution in [0.3, 0.4) is 0 Å². The van der Waals surface area contributed by atoms with E-state index in [4.69, 9.17) is 0 Å². The van der Waals surface area contributed by atoms with E-state index in [0.717, 1.165) is 0 Å². The first kappa shape index (κ1) is 8.66. The summed E-state index contributed by atoms with van der Waals surface area (Å²) < 4.78 is 0. The van der Waals surface area contributed by atoms with Crippen LogP contribution in [0.25, 0.3) is 0 Å². The van der Waals surface area contributed by atoms with Crippen LogP contribution in [0, 0.1) is 0 Å². The molecule has 1 rings (SSSR count). The van der Waals surface area contributed by atoms with Gasteiger partial charge in [0.15, 0.2) is 4.90 Å². The summed E-state index contributed by atoms with van der Waals surface area (Å²) in [5.74, 6) is 1.31. The first-order valence-corrected chi connectivity index (χ1v) is 5.24. The predicted molar refractivity (Wildman–Crippen MR) is 53.2 cm³/mol. The molecule has 0 N–H and O–H groups in total. The van der Waals surface area contributed by atoms with E-state index in [1.807, 2.05) is 0 Å². The fraction of sp³-hybridized carbons (Fsp3) is 0.400. The fourth-order valence-corrected chi connectivity index (χ4v) is 2.02. The monoisotopic (exact) mass is 167 g/mol. The second kappa shape index (κ2) is 5.25. The molecule has 11 heavy (non-hydrogen) atoms. The molecule has 0 aromatic heterocycles. The molecule has 0 unspecified atom stereocenters. The first-order valence-electron chi connectivity index (χ1n) is 4.16. The number of thiol groups is 1. The third-order valence-electron chi connectivity index (χ3n) is 1.56. The molecule has 0 nitrogen and oxygen atoms in total. The van der Waals surface area contributed by atoms with E-state index in [0.29, 0.717) is 0 Å². The Morgan fingerprint density at radius 2 is 1.91 bits per heavy atom. The summed E-state index contributed by atoms with van der Waals surface area (Å²) >= 11 is 1.48. The van der Waals surface area contributed by atoms with Gasteiger partial charge in [0, 0.05) is 11.8 Å². The smallest absolute Gasteiger partial charge is 0.0652 e. The highest BCUT2D eigenvalue weighted by Crippen LogP contribution is 2.03. The molecule has 0 aliphatic carbocycles. The molecule has 60 valence electrons. The van der Waals surface area contributed by atoms with Gasteiger partial charge in [0.1, 0.15) is 5.75 Å². The minimum absolute atomic E-state index is 1.31. The van der Waals surface area contributed by atoms with Gasteiger partial charge in [0.05, 0.1) is 0 Å². The van der Waals surface area contributed by atoms with Crippen molar-refractivity contribution in [3.63, 3.8) is 0 Å². The van der Waals surface area contributed by atoms with Crippen LogP contribution in [-0.4, -0.2) is 5.75 Å². The standard InChI is InChI=1S/C10H14S/c1-2-3-9-11-10-7-5-4-6-8-10/h4-8H,2-3,9H2,1H3/p+1. The van der Waals surface area contributed by atoms with Crippen LogP contribution in [0.15, 0.2) is 35.2 Å². The molecule has 0 bridgehead atoms. The van der Waals surface area contributed by atoms with Gasteiger partial charge < -0.3 is 0 Å². The van der Waals surface area contributed by atoms with E-state index < -0.39 is 0 Å². The summed E-state index contributed by atoms with van der Waals surface area (Å²) in [6, 6.07) is 10.7. The molecule has 1 aromatic carbocycles. The molecule has 0 amide bonds. The molecule has 0 saturated carbocycles. The third kappa shape index (κ3) is 3.47. The third-order valence-corrected chi connectivity index (χ3v) is 2.77. The molecule has 0 aliphatic rings. The molecule has 0 heterocycles. The molecule has 0 fully saturated rings. The van der Waals surface area contributed by atoms with Crippen molar-refractivity contribution in [3.05, 3.63) is 30.3 Å². The Morgan fingerprint density at radius 1 is 1.18 bits per heavy atom. The lowest BCUT2D eigenvalue weighted by molar-refractivity contribution is 0.895. The van der Waals surface area contributed by atoms with Gasteiger partial charge in [-0.1, -0.05) is 31.5 Å². The molecule has 0 spiro atoms. The Balaban J connectivity index is 2.28. The number of rotatable bonds is 4. The van der Waals surface area contributed by atoms with Gasteiger partial charge in [-0.2, -0.15) is 0 Å². The largest absolute Gasteiger partial charge is 0.152 e. The second-order valence-electron chi connectivity index (χ2n) is 2.57. The van der Waals surface area contributed by atoms with Crippen LogP contribution >= 0.6 is 0 Å². The van der Waals surface area contributed by atoms with Crippen molar-refractivity contribution in [1.29, 1.82) is 0 Å². The van der Waals surface area contributed by atoms with Gasteiger partial charge in [0.25, 0.3) is 0 Å². The van der Waals surface area contributed by atoms with E-state index in [1.165, 1.54) is 35.3 Å². The molecule has 1 heteroatoms. The van der Waals surface area contributed by atoms with Gasteiger partial charge in [0.2, 0.25) is 0 Å². The summed E-state index contributed by atoms with van der Waals surface area (Å²) in [4.78, 5) is 1.45. The maximum Gasteiger partial charge on any atom is 0.152 e. The molecule has 0 atom stereocenters. The summed E-state index contributed by atoms with van der Waals surface area (Å²) in [6.45, 7) is 2.24. The van der Waals surface area contributed by atoms with Gasteiger partial charge in [-0.05, 0) is 18.6 Å². The Bertz CT molecular complexity index is 181. The zero-order chi connectivity index (χ0) is 7.94. The van der Waals surface area contributed by atoms with Crippen LogP contribution < -0.4 is 0 Å². The van der Waals surface area contributed by atoms with E-state index >= 15 is 0 Å². The first-order chi connectivity index (χ1) is 5.43. The molecule has 0 saturated heterocycles. The molecule has 0 radical (unpaired) electrons. The van der Waals surface area contributed by atoms with Gasteiger partial charge in [-0.3, -0.25) is 0 Å². The van der Waals surface area contributed by atoms with Crippen LogP contribution in [0.4, 0.5) is 0 Å². The number of benzene rings is 1. The van der Waals surface area contributed by atoms with Crippen LogP contribution in [0.1, 0.15) is 19.8 Å². The molecule has 1 aromatic rings. The quantitative estimate of drug-likeness (QED) is 0.367. The van der Waals surface area contributed by atoms with Crippen LogP contribution in [0.2, 0.25) is 0 Å². The predicted octanol–water partition coefficient (Wildman–Crippen LogP) is 2.66. The lowest BCUT2D eigenvalue weighted by atomic mass is 10.4. The Labute approximate surface area is 73.0 Å². The highest BCUT2D eigenvalue weighted by molar-refractivity contribution is 7.78. The molecular formula is C10H15S+. The van der Waals surface area contributed by atoms with Gasteiger partial charge in [-0.25, -0.2) is 0 Å². The topological polar surface area (TPSA) is 0 Å². The summed E-state index contributed by atoms with van der Waals surface area (Å²) in [5.41, 5.74) is 0.